The topological polar surface area (TPSA) is 29.5 Å². The van der Waals surface area contributed by atoms with E-state index in [-0.39, 0.29) is 12.0 Å². The number of hydrogen-bond acceptors (Lipinski definition) is 3. The third kappa shape index (κ3) is 2.18. The molecule has 2 rings (SSSR count). The maximum Gasteiger partial charge on any atom is 0.332 e. The summed E-state index contributed by atoms with van der Waals surface area (Å²) in [5, 5.41) is 1.77. The molecule has 1 fully saturated rings. The van der Waals surface area contributed by atoms with Crippen LogP contribution in [-0.4, -0.2) is 17.1 Å². The minimum atomic E-state index is -0.490. The molecule has 0 amide bonds. The smallest absolute Gasteiger partial charge is 0.332 e. The quantitative estimate of drug-likeness (QED) is 0.764. The van der Waals surface area contributed by atoms with E-state index in [4.69, 9.17) is 4.84 Å². The fraction of sp³-hybridized carbons (Fsp3) is 0.400. The van der Waals surface area contributed by atoms with Crippen LogP contribution in [0.5, 0.6) is 0 Å². The zero-order valence-electron chi connectivity index (χ0n) is 10.9. The molecule has 1 aliphatic heterocycles. The molecule has 1 aliphatic rings. The van der Waals surface area contributed by atoms with Gasteiger partial charge in [0, 0.05) is 0 Å². The molecular formula is C15H19NO2. The Hall–Kier alpha value is -1.61. The summed E-state index contributed by atoms with van der Waals surface area (Å²) in [7, 11) is 0. The fourth-order valence-corrected chi connectivity index (χ4v) is 2.26. The van der Waals surface area contributed by atoms with Crippen LogP contribution < -0.4 is 0 Å². The summed E-state index contributed by atoms with van der Waals surface area (Å²) >= 11 is 0. The Bertz CT molecular complexity index is 443. The number of allylic oxidation sites excluding steroid dienone is 1. The van der Waals surface area contributed by atoms with Gasteiger partial charge in [-0.1, -0.05) is 36.4 Å². The molecule has 3 heteroatoms. The fourth-order valence-electron chi connectivity index (χ4n) is 2.26. The second-order valence-corrected chi connectivity index (χ2v) is 5.03. The summed E-state index contributed by atoms with van der Waals surface area (Å²) in [5.74, 6) is -0.161. The van der Waals surface area contributed by atoms with E-state index < -0.39 is 5.41 Å². The maximum absolute atomic E-state index is 12.0. The number of carbonyl (C=O) groups is 1. The monoisotopic (exact) mass is 245 g/mol. The van der Waals surface area contributed by atoms with Crippen LogP contribution in [0.2, 0.25) is 0 Å². The SMILES string of the molecule is C=CC[C@@]1(C)C(=O)ON(Cc2ccccc2)[C@@H]1C. The zero-order chi connectivity index (χ0) is 13.2. The van der Waals surface area contributed by atoms with Crippen LogP contribution in [0.25, 0.3) is 0 Å². The summed E-state index contributed by atoms with van der Waals surface area (Å²) in [6.45, 7) is 8.31. The van der Waals surface area contributed by atoms with E-state index in [1.54, 1.807) is 11.1 Å². The average molecular weight is 245 g/mol. The van der Waals surface area contributed by atoms with Crippen LogP contribution in [0.15, 0.2) is 43.0 Å². The highest BCUT2D eigenvalue weighted by atomic mass is 16.7. The number of carbonyl (C=O) groups excluding carboxylic acids is 1. The second-order valence-electron chi connectivity index (χ2n) is 5.03. The summed E-state index contributed by atoms with van der Waals surface area (Å²) in [6.07, 6.45) is 2.42. The largest absolute Gasteiger partial charge is 0.367 e. The molecule has 0 bridgehead atoms. The van der Waals surface area contributed by atoms with Crippen molar-refractivity contribution >= 4 is 5.97 Å². The Morgan fingerprint density at radius 3 is 2.72 bits per heavy atom. The molecule has 0 radical (unpaired) electrons. The van der Waals surface area contributed by atoms with Gasteiger partial charge in [0.25, 0.3) is 0 Å². The number of rotatable bonds is 4. The van der Waals surface area contributed by atoms with Crippen molar-refractivity contribution in [3.8, 4) is 0 Å². The molecule has 1 heterocycles. The van der Waals surface area contributed by atoms with Gasteiger partial charge < -0.3 is 4.84 Å². The van der Waals surface area contributed by atoms with Gasteiger partial charge in [0.1, 0.15) is 0 Å². The van der Waals surface area contributed by atoms with Gasteiger partial charge in [-0.05, 0) is 25.8 Å². The first-order chi connectivity index (χ1) is 8.58. The van der Waals surface area contributed by atoms with Crippen molar-refractivity contribution < 1.29 is 9.63 Å². The first kappa shape index (κ1) is 12.8. The van der Waals surface area contributed by atoms with E-state index in [0.29, 0.717) is 13.0 Å². The van der Waals surface area contributed by atoms with Crippen molar-refractivity contribution in [2.75, 3.05) is 0 Å². The highest BCUT2D eigenvalue weighted by Gasteiger charge is 2.50. The van der Waals surface area contributed by atoms with E-state index in [1.165, 1.54) is 0 Å². The molecule has 1 aromatic rings. The lowest BCUT2D eigenvalue weighted by Crippen LogP contribution is -2.36. The summed E-state index contributed by atoms with van der Waals surface area (Å²) in [6, 6.07) is 10.1. The van der Waals surface area contributed by atoms with Crippen molar-refractivity contribution in [1.29, 1.82) is 0 Å². The number of benzene rings is 1. The van der Waals surface area contributed by atoms with E-state index in [2.05, 4.69) is 6.58 Å². The molecule has 1 saturated heterocycles. The molecular weight excluding hydrogens is 226 g/mol. The Morgan fingerprint density at radius 1 is 1.44 bits per heavy atom. The van der Waals surface area contributed by atoms with E-state index in [0.717, 1.165) is 5.56 Å². The highest BCUT2D eigenvalue weighted by molar-refractivity contribution is 5.79. The van der Waals surface area contributed by atoms with Crippen LogP contribution in [0.1, 0.15) is 25.8 Å². The molecule has 0 N–H and O–H groups in total. The Kier molecular flexibility index (Phi) is 3.53. The average Bonchev–Trinajstić information content (AvgIpc) is 2.56. The predicted octanol–water partition coefficient (Wildman–Crippen LogP) is 2.93. The van der Waals surface area contributed by atoms with Crippen LogP contribution >= 0.6 is 0 Å². The van der Waals surface area contributed by atoms with Gasteiger partial charge in [0.05, 0.1) is 18.0 Å². The van der Waals surface area contributed by atoms with Crippen LogP contribution in [0.4, 0.5) is 0 Å². The lowest BCUT2D eigenvalue weighted by atomic mass is 9.81. The maximum atomic E-state index is 12.0. The number of hydrogen-bond donors (Lipinski definition) is 0. The molecule has 0 aliphatic carbocycles. The predicted molar refractivity (Wildman–Crippen MR) is 70.5 cm³/mol. The van der Waals surface area contributed by atoms with Crippen LogP contribution in [0, 0.1) is 5.41 Å². The standard InChI is InChI=1S/C15H19NO2/c1-4-10-15(3)12(2)16(18-14(15)17)11-13-8-6-5-7-9-13/h4-9,12H,1,10-11H2,2-3H3/t12-,15-/m1/s1. The number of hydroxylamine groups is 2. The third-order valence-electron chi connectivity index (χ3n) is 3.77. The first-order valence-corrected chi connectivity index (χ1v) is 6.22. The summed E-state index contributed by atoms with van der Waals surface area (Å²) in [4.78, 5) is 17.4. The minimum Gasteiger partial charge on any atom is -0.367 e. The van der Waals surface area contributed by atoms with Gasteiger partial charge in [-0.25, -0.2) is 4.79 Å². The van der Waals surface area contributed by atoms with Crippen LogP contribution in [-0.2, 0) is 16.2 Å². The van der Waals surface area contributed by atoms with Gasteiger partial charge in [-0.3, -0.25) is 0 Å². The Labute approximate surface area is 108 Å². The molecule has 0 unspecified atom stereocenters. The molecule has 0 spiro atoms. The van der Waals surface area contributed by atoms with Gasteiger partial charge in [0.2, 0.25) is 0 Å². The van der Waals surface area contributed by atoms with E-state index in [1.807, 2.05) is 44.2 Å². The lowest BCUT2D eigenvalue weighted by molar-refractivity contribution is -0.177. The molecule has 0 saturated carbocycles. The van der Waals surface area contributed by atoms with E-state index in [9.17, 15) is 4.79 Å². The normalized spacial score (nSPS) is 28.1. The van der Waals surface area contributed by atoms with Crippen molar-refractivity contribution in [2.45, 2.75) is 32.9 Å². The van der Waals surface area contributed by atoms with Gasteiger partial charge >= 0.3 is 5.97 Å². The van der Waals surface area contributed by atoms with Gasteiger partial charge in [-0.15, -0.1) is 11.6 Å². The Balaban J connectivity index is 2.13. The van der Waals surface area contributed by atoms with Crippen molar-refractivity contribution in [3.05, 3.63) is 48.6 Å². The van der Waals surface area contributed by atoms with Gasteiger partial charge in [-0.2, -0.15) is 0 Å². The zero-order valence-corrected chi connectivity index (χ0v) is 10.9. The molecule has 1 aromatic carbocycles. The minimum absolute atomic E-state index is 0.0446. The van der Waals surface area contributed by atoms with Crippen molar-refractivity contribution in [1.82, 2.24) is 5.06 Å². The molecule has 96 valence electrons. The van der Waals surface area contributed by atoms with Gasteiger partial charge in [0.15, 0.2) is 0 Å². The number of nitrogens with zero attached hydrogens (tertiary/aromatic N) is 1. The van der Waals surface area contributed by atoms with Crippen LogP contribution in [0.3, 0.4) is 0 Å². The van der Waals surface area contributed by atoms with E-state index >= 15 is 0 Å². The Morgan fingerprint density at radius 2 is 2.11 bits per heavy atom. The highest BCUT2D eigenvalue weighted by Crippen LogP contribution is 2.38. The van der Waals surface area contributed by atoms with Crippen molar-refractivity contribution in [3.63, 3.8) is 0 Å². The molecule has 2 atom stereocenters. The summed E-state index contributed by atoms with van der Waals surface area (Å²) in [5.41, 5.74) is 0.649. The summed E-state index contributed by atoms with van der Waals surface area (Å²) < 4.78 is 0. The van der Waals surface area contributed by atoms with Crippen molar-refractivity contribution in [2.24, 2.45) is 5.41 Å². The second kappa shape index (κ2) is 4.94. The first-order valence-electron chi connectivity index (χ1n) is 6.22. The lowest BCUT2D eigenvalue weighted by Gasteiger charge is -2.25. The molecule has 18 heavy (non-hydrogen) atoms. The molecule has 0 aromatic heterocycles. The molecule has 3 nitrogen and oxygen atoms in total. The third-order valence-corrected chi connectivity index (χ3v) is 3.77.